The van der Waals surface area contributed by atoms with Gasteiger partial charge in [0.15, 0.2) is 5.82 Å². The second-order valence-electron chi connectivity index (χ2n) is 3.22. The Balaban J connectivity index is 2.49. The molecule has 15 heavy (non-hydrogen) atoms. The van der Waals surface area contributed by atoms with Crippen molar-refractivity contribution in [3.63, 3.8) is 0 Å². The number of benzene rings is 1. The Bertz CT molecular complexity index is 465. The van der Waals surface area contributed by atoms with Crippen LogP contribution in [0.2, 0.25) is 0 Å². The van der Waals surface area contributed by atoms with Crippen LogP contribution >= 0.6 is 15.9 Å². The van der Waals surface area contributed by atoms with Crippen LogP contribution in [0.3, 0.4) is 0 Å². The highest BCUT2D eigenvalue weighted by Gasteiger charge is 2.11. The van der Waals surface area contributed by atoms with E-state index in [0.29, 0.717) is 5.82 Å². The summed E-state index contributed by atoms with van der Waals surface area (Å²) in [7, 11) is 0. The predicted octanol–water partition coefficient (Wildman–Crippen LogP) is 1.44. The first-order valence-electron chi connectivity index (χ1n) is 4.48. The van der Waals surface area contributed by atoms with Crippen LogP contribution < -0.4 is 5.73 Å². The van der Waals surface area contributed by atoms with Crippen LogP contribution in [0.25, 0.3) is 5.69 Å². The van der Waals surface area contributed by atoms with E-state index in [1.165, 1.54) is 0 Å². The van der Waals surface area contributed by atoms with Gasteiger partial charge in [0.25, 0.3) is 0 Å². The van der Waals surface area contributed by atoms with E-state index >= 15 is 0 Å². The van der Waals surface area contributed by atoms with E-state index in [1.54, 1.807) is 4.68 Å². The van der Waals surface area contributed by atoms with Crippen molar-refractivity contribution in [2.45, 2.75) is 13.0 Å². The highest BCUT2D eigenvalue weighted by molar-refractivity contribution is 9.10. The van der Waals surface area contributed by atoms with Gasteiger partial charge in [0.05, 0.1) is 11.7 Å². The Labute approximate surface area is 95.4 Å². The van der Waals surface area contributed by atoms with Crippen LogP contribution in [0, 0.1) is 0 Å². The van der Waals surface area contributed by atoms with Crippen molar-refractivity contribution in [2.24, 2.45) is 5.73 Å². The van der Waals surface area contributed by atoms with Crippen molar-refractivity contribution in [1.29, 1.82) is 0 Å². The van der Waals surface area contributed by atoms with E-state index in [-0.39, 0.29) is 6.04 Å². The molecule has 0 aliphatic heterocycles. The molecule has 78 valence electrons. The van der Waals surface area contributed by atoms with Gasteiger partial charge in [0.2, 0.25) is 0 Å². The summed E-state index contributed by atoms with van der Waals surface area (Å²) in [5.41, 5.74) is 6.65. The molecule has 0 bridgehead atoms. The quantitative estimate of drug-likeness (QED) is 0.894. The molecule has 0 saturated carbocycles. The second kappa shape index (κ2) is 4.08. The lowest BCUT2D eigenvalue weighted by atomic mass is 10.3. The minimum Gasteiger partial charge on any atom is -0.321 e. The first-order valence-corrected chi connectivity index (χ1v) is 5.27. The SMILES string of the molecule is C[C@H](N)c1nnnn1-c1cccc(Br)c1. The molecule has 2 rings (SSSR count). The molecule has 5 nitrogen and oxygen atoms in total. The van der Waals surface area contributed by atoms with Gasteiger partial charge in [0.1, 0.15) is 0 Å². The number of nitrogens with two attached hydrogens (primary N) is 1. The van der Waals surface area contributed by atoms with Crippen LogP contribution in [-0.2, 0) is 0 Å². The normalized spacial score (nSPS) is 12.7. The minimum atomic E-state index is -0.195. The van der Waals surface area contributed by atoms with Crippen LogP contribution in [0.15, 0.2) is 28.7 Å². The summed E-state index contributed by atoms with van der Waals surface area (Å²) in [5, 5.41) is 11.4. The van der Waals surface area contributed by atoms with Gasteiger partial charge in [-0.2, -0.15) is 4.68 Å². The Morgan fingerprint density at radius 3 is 2.93 bits per heavy atom. The van der Waals surface area contributed by atoms with Gasteiger partial charge in [-0.3, -0.25) is 0 Å². The molecule has 0 aliphatic rings. The van der Waals surface area contributed by atoms with E-state index in [1.807, 2.05) is 31.2 Å². The monoisotopic (exact) mass is 267 g/mol. The van der Waals surface area contributed by atoms with Gasteiger partial charge in [-0.25, -0.2) is 0 Å². The van der Waals surface area contributed by atoms with Gasteiger partial charge >= 0.3 is 0 Å². The first kappa shape index (κ1) is 10.3. The van der Waals surface area contributed by atoms with Crippen molar-refractivity contribution in [1.82, 2.24) is 20.2 Å². The molecule has 0 spiro atoms. The zero-order chi connectivity index (χ0) is 10.8. The molecule has 0 saturated heterocycles. The molecule has 1 atom stereocenters. The third kappa shape index (κ3) is 2.05. The van der Waals surface area contributed by atoms with E-state index in [9.17, 15) is 0 Å². The van der Waals surface area contributed by atoms with Crippen LogP contribution in [-0.4, -0.2) is 20.2 Å². The average Bonchev–Trinajstić information content (AvgIpc) is 2.65. The lowest BCUT2D eigenvalue weighted by Gasteiger charge is -2.06. The Morgan fingerprint density at radius 2 is 2.27 bits per heavy atom. The summed E-state index contributed by atoms with van der Waals surface area (Å²) < 4.78 is 2.61. The number of halogens is 1. The van der Waals surface area contributed by atoms with Crippen molar-refractivity contribution >= 4 is 15.9 Å². The van der Waals surface area contributed by atoms with Crippen molar-refractivity contribution in [2.75, 3.05) is 0 Å². The molecule has 2 aromatic rings. The lowest BCUT2D eigenvalue weighted by molar-refractivity contribution is 0.688. The molecule has 0 amide bonds. The van der Waals surface area contributed by atoms with Gasteiger partial charge in [-0.05, 0) is 35.5 Å². The highest BCUT2D eigenvalue weighted by Crippen LogP contribution is 2.16. The minimum absolute atomic E-state index is 0.195. The van der Waals surface area contributed by atoms with Gasteiger partial charge in [-0.15, -0.1) is 5.10 Å². The third-order valence-corrected chi connectivity index (χ3v) is 2.45. The predicted molar refractivity (Wildman–Crippen MR) is 59.5 cm³/mol. The van der Waals surface area contributed by atoms with Crippen molar-refractivity contribution in [3.05, 3.63) is 34.6 Å². The summed E-state index contributed by atoms with van der Waals surface area (Å²) in [5.74, 6) is 0.646. The molecular weight excluding hydrogens is 258 g/mol. The summed E-state index contributed by atoms with van der Waals surface area (Å²) in [6.45, 7) is 1.85. The van der Waals surface area contributed by atoms with Gasteiger partial charge in [-0.1, -0.05) is 22.0 Å². The fourth-order valence-electron chi connectivity index (χ4n) is 1.27. The molecule has 0 radical (unpaired) electrons. The van der Waals surface area contributed by atoms with Crippen molar-refractivity contribution in [3.8, 4) is 5.69 Å². The molecule has 0 unspecified atom stereocenters. The van der Waals surface area contributed by atoms with E-state index in [0.717, 1.165) is 10.2 Å². The first-order chi connectivity index (χ1) is 7.18. The molecular formula is C9H10BrN5. The maximum atomic E-state index is 5.76. The average molecular weight is 268 g/mol. The second-order valence-corrected chi connectivity index (χ2v) is 4.13. The lowest BCUT2D eigenvalue weighted by Crippen LogP contribution is -2.13. The summed E-state index contributed by atoms with van der Waals surface area (Å²) >= 11 is 3.40. The number of aromatic nitrogens is 4. The summed E-state index contributed by atoms with van der Waals surface area (Å²) in [6, 6.07) is 7.53. The highest BCUT2D eigenvalue weighted by atomic mass is 79.9. The van der Waals surface area contributed by atoms with Crippen LogP contribution in [0.5, 0.6) is 0 Å². The van der Waals surface area contributed by atoms with Crippen LogP contribution in [0.4, 0.5) is 0 Å². The molecule has 6 heteroatoms. The van der Waals surface area contributed by atoms with Crippen molar-refractivity contribution < 1.29 is 0 Å². The summed E-state index contributed by atoms with van der Waals surface area (Å²) in [4.78, 5) is 0. The van der Waals surface area contributed by atoms with Crippen LogP contribution in [0.1, 0.15) is 18.8 Å². The molecule has 1 heterocycles. The number of rotatable bonds is 2. The number of hydrogen-bond acceptors (Lipinski definition) is 4. The Hall–Kier alpha value is -1.27. The Morgan fingerprint density at radius 1 is 1.47 bits per heavy atom. The molecule has 0 aliphatic carbocycles. The topological polar surface area (TPSA) is 69.6 Å². The largest absolute Gasteiger partial charge is 0.321 e. The van der Waals surface area contributed by atoms with Gasteiger partial charge in [0, 0.05) is 4.47 Å². The summed E-state index contributed by atoms with van der Waals surface area (Å²) in [6.07, 6.45) is 0. The van der Waals surface area contributed by atoms with Gasteiger partial charge < -0.3 is 5.73 Å². The maximum Gasteiger partial charge on any atom is 0.173 e. The van der Waals surface area contributed by atoms with E-state index in [2.05, 4.69) is 31.5 Å². The number of hydrogen-bond donors (Lipinski definition) is 1. The fourth-order valence-corrected chi connectivity index (χ4v) is 1.66. The number of tetrazole rings is 1. The molecule has 1 aromatic carbocycles. The maximum absolute atomic E-state index is 5.76. The zero-order valence-electron chi connectivity index (χ0n) is 8.13. The molecule has 1 aromatic heterocycles. The Kier molecular flexibility index (Phi) is 2.79. The van der Waals surface area contributed by atoms with E-state index < -0.39 is 0 Å². The molecule has 0 fully saturated rings. The standard InChI is InChI=1S/C9H10BrN5/c1-6(11)9-12-13-14-15(9)8-4-2-3-7(10)5-8/h2-6H,11H2,1H3/t6-/m0/s1. The zero-order valence-corrected chi connectivity index (χ0v) is 9.72. The fraction of sp³-hybridized carbons (Fsp3) is 0.222. The molecule has 2 N–H and O–H groups in total. The van der Waals surface area contributed by atoms with E-state index in [4.69, 9.17) is 5.73 Å². The number of nitrogens with zero attached hydrogens (tertiary/aromatic N) is 4. The third-order valence-electron chi connectivity index (χ3n) is 1.95. The smallest absolute Gasteiger partial charge is 0.173 e.